The van der Waals surface area contributed by atoms with Gasteiger partial charge in [0.05, 0.1) is 20.4 Å². The van der Waals surface area contributed by atoms with Crippen LogP contribution < -0.4 is 10.5 Å². The Labute approximate surface area is 74.7 Å². The number of nitrogens with zero attached hydrogens (tertiary/aromatic N) is 2. The highest BCUT2D eigenvalue weighted by molar-refractivity contribution is 5.89. The van der Waals surface area contributed by atoms with Gasteiger partial charge < -0.3 is 15.2 Å². The van der Waals surface area contributed by atoms with Crippen molar-refractivity contribution in [2.24, 2.45) is 0 Å². The van der Waals surface area contributed by atoms with Crippen LogP contribution in [-0.4, -0.2) is 30.2 Å². The maximum atomic E-state index is 11.1. The van der Waals surface area contributed by atoms with Crippen molar-refractivity contribution in [1.29, 1.82) is 0 Å². The Hall–Kier alpha value is -1.85. The maximum Gasteiger partial charge on any atom is 0.362 e. The number of nitrogens with two attached hydrogens (primary N) is 1. The lowest BCUT2D eigenvalue weighted by Crippen LogP contribution is -2.09. The molecule has 1 aromatic heterocycles. The van der Waals surface area contributed by atoms with Crippen LogP contribution in [0.4, 0.5) is 5.82 Å². The zero-order valence-electron chi connectivity index (χ0n) is 7.27. The Morgan fingerprint density at radius 3 is 2.77 bits per heavy atom. The van der Waals surface area contributed by atoms with Crippen LogP contribution in [0.15, 0.2) is 6.20 Å². The van der Waals surface area contributed by atoms with Crippen LogP contribution in [0.1, 0.15) is 10.5 Å². The summed E-state index contributed by atoms with van der Waals surface area (Å²) in [4.78, 5) is 18.5. The van der Waals surface area contributed by atoms with E-state index in [2.05, 4.69) is 14.7 Å². The Morgan fingerprint density at radius 1 is 1.54 bits per heavy atom. The van der Waals surface area contributed by atoms with Crippen LogP contribution in [0.5, 0.6) is 5.88 Å². The summed E-state index contributed by atoms with van der Waals surface area (Å²) < 4.78 is 9.25. The Morgan fingerprint density at radius 2 is 2.23 bits per heavy atom. The molecule has 6 nitrogen and oxygen atoms in total. The lowest BCUT2D eigenvalue weighted by molar-refractivity contribution is 0.0589. The molecule has 1 heterocycles. The molecule has 0 bridgehead atoms. The molecule has 0 unspecified atom stereocenters. The first-order chi connectivity index (χ1) is 6.19. The molecular formula is C7H9N3O3. The highest BCUT2D eigenvalue weighted by atomic mass is 16.5. The van der Waals surface area contributed by atoms with Gasteiger partial charge in [0.2, 0.25) is 11.6 Å². The van der Waals surface area contributed by atoms with Gasteiger partial charge in [-0.05, 0) is 0 Å². The van der Waals surface area contributed by atoms with Crippen molar-refractivity contribution >= 4 is 11.8 Å². The second kappa shape index (κ2) is 3.70. The molecule has 0 aliphatic carbocycles. The monoisotopic (exact) mass is 183 g/mol. The third-order valence-electron chi connectivity index (χ3n) is 1.33. The number of anilines is 1. The number of methoxy groups -OCH3 is 2. The second-order valence-electron chi connectivity index (χ2n) is 2.14. The quantitative estimate of drug-likeness (QED) is 0.642. The molecule has 2 N–H and O–H groups in total. The SMILES string of the molecule is COC(=O)c1ncc(N)nc1OC. The molecule has 0 aromatic carbocycles. The predicted octanol–water partition coefficient (Wildman–Crippen LogP) is -0.146. The van der Waals surface area contributed by atoms with Crippen LogP contribution >= 0.6 is 0 Å². The first-order valence-corrected chi connectivity index (χ1v) is 3.44. The maximum absolute atomic E-state index is 11.1. The van der Waals surface area contributed by atoms with Gasteiger partial charge in [0.25, 0.3) is 0 Å². The minimum atomic E-state index is -0.607. The highest BCUT2D eigenvalue weighted by Gasteiger charge is 2.15. The minimum absolute atomic E-state index is 0.0131. The van der Waals surface area contributed by atoms with E-state index in [-0.39, 0.29) is 17.4 Å². The van der Waals surface area contributed by atoms with Gasteiger partial charge in [-0.3, -0.25) is 0 Å². The first kappa shape index (κ1) is 9.24. The third-order valence-corrected chi connectivity index (χ3v) is 1.33. The Bertz CT molecular complexity index is 327. The zero-order valence-corrected chi connectivity index (χ0v) is 7.27. The molecule has 13 heavy (non-hydrogen) atoms. The number of hydrogen-bond acceptors (Lipinski definition) is 6. The van der Waals surface area contributed by atoms with Gasteiger partial charge in [-0.1, -0.05) is 0 Å². The minimum Gasteiger partial charge on any atom is -0.479 e. The van der Waals surface area contributed by atoms with Crippen molar-refractivity contribution in [3.63, 3.8) is 0 Å². The molecule has 0 aliphatic rings. The molecule has 1 aromatic rings. The third kappa shape index (κ3) is 1.84. The fourth-order valence-electron chi connectivity index (χ4n) is 0.764. The van der Waals surface area contributed by atoms with Crippen LogP contribution in [0, 0.1) is 0 Å². The lowest BCUT2D eigenvalue weighted by atomic mass is 10.4. The van der Waals surface area contributed by atoms with E-state index in [0.29, 0.717) is 0 Å². The molecule has 0 radical (unpaired) electrons. The summed E-state index contributed by atoms with van der Waals surface area (Å²) in [6.07, 6.45) is 1.26. The fraction of sp³-hybridized carbons (Fsp3) is 0.286. The zero-order chi connectivity index (χ0) is 9.84. The van der Waals surface area contributed by atoms with E-state index < -0.39 is 5.97 Å². The summed E-state index contributed by atoms with van der Waals surface area (Å²) in [5, 5.41) is 0. The molecule has 0 atom stereocenters. The molecule has 0 aliphatic heterocycles. The molecule has 1 rings (SSSR count). The van der Waals surface area contributed by atoms with Gasteiger partial charge in [-0.25, -0.2) is 9.78 Å². The van der Waals surface area contributed by atoms with E-state index in [1.165, 1.54) is 20.4 Å². The average Bonchev–Trinajstić information content (AvgIpc) is 2.16. The molecule has 0 fully saturated rings. The molecule has 6 heteroatoms. The Balaban J connectivity index is 3.13. The van der Waals surface area contributed by atoms with Crippen molar-refractivity contribution in [1.82, 2.24) is 9.97 Å². The molecular weight excluding hydrogens is 174 g/mol. The van der Waals surface area contributed by atoms with Crippen molar-refractivity contribution < 1.29 is 14.3 Å². The molecule has 0 amide bonds. The van der Waals surface area contributed by atoms with Crippen molar-refractivity contribution in [3.05, 3.63) is 11.9 Å². The van der Waals surface area contributed by atoms with Crippen LogP contribution in [0.3, 0.4) is 0 Å². The molecule has 0 saturated heterocycles. The van der Waals surface area contributed by atoms with E-state index in [9.17, 15) is 4.79 Å². The van der Waals surface area contributed by atoms with Crippen LogP contribution in [0.25, 0.3) is 0 Å². The summed E-state index contributed by atoms with van der Waals surface area (Å²) in [6, 6.07) is 0. The van der Waals surface area contributed by atoms with E-state index in [1.807, 2.05) is 0 Å². The van der Waals surface area contributed by atoms with E-state index >= 15 is 0 Å². The predicted molar refractivity (Wildman–Crippen MR) is 44.3 cm³/mol. The summed E-state index contributed by atoms with van der Waals surface area (Å²) in [5.74, 6) is -0.360. The lowest BCUT2D eigenvalue weighted by Gasteiger charge is -2.04. The van der Waals surface area contributed by atoms with E-state index in [1.54, 1.807) is 0 Å². The average molecular weight is 183 g/mol. The van der Waals surface area contributed by atoms with Crippen LogP contribution in [0.2, 0.25) is 0 Å². The largest absolute Gasteiger partial charge is 0.479 e. The summed E-state index contributed by atoms with van der Waals surface area (Å²) in [5.41, 5.74) is 5.35. The topological polar surface area (TPSA) is 87.3 Å². The number of esters is 1. The number of ether oxygens (including phenoxy) is 2. The fourth-order valence-corrected chi connectivity index (χ4v) is 0.764. The molecule has 70 valence electrons. The first-order valence-electron chi connectivity index (χ1n) is 3.44. The standard InChI is InChI=1S/C7H9N3O3/c1-12-6-5(7(11)13-2)9-3-4(8)10-6/h3H,1-2H3,(H2,8,10). The number of aromatic nitrogens is 2. The molecule has 0 saturated carbocycles. The molecule has 0 spiro atoms. The van der Waals surface area contributed by atoms with Crippen molar-refractivity contribution in [2.45, 2.75) is 0 Å². The van der Waals surface area contributed by atoms with E-state index in [4.69, 9.17) is 10.5 Å². The highest BCUT2D eigenvalue weighted by Crippen LogP contribution is 2.14. The number of rotatable bonds is 2. The van der Waals surface area contributed by atoms with Gasteiger partial charge >= 0.3 is 5.97 Å². The van der Waals surface area contributed by atoms with Gasteiger partial charge in [0, 0.05) is 0 Å². The smallest absolute Gasteiger partial charge is 0.362 e. The Kier molecular flexibility index (Phi) is 2.63. The van der Waals surface area contributed by atoms with E-state index in [0.717, 1.165) is 0 Å². The summed E-state index contributed by atoms with van der Waals surface area (Å²) in [6.45, 7) is 0. The number of hydrogen-bond donors (Lipinski definition) is 1. The van der Waals surface area contributed by atoms with Crippen LogP contribution in [-0.2, 0) is 4.74 Å². The van der Waals surface area contributed by atoms with Gasteiger partial charge in [0.1, 0.15) is 5.82 Å². The second-order valence-corrected chi connectivity index (χ2v) is 2.14. The van der Waals surface area contributed by atoms with Gasteiger partial charge in [0.15, 0.2) is 0 Å². The summed E-state index contributed by atoms with van der Waals surface area (Å²) >= 11 is 0. The van der Waals surface area contributed by atoms with Crippen molar-refractivity contribution in [3.8, 4) is 5.88 Å². The normalized spacial score (nSPS) is 9.38. The number of nitrogen functional groups attached to an aromatic ring is 1. The van der Waals surface area contributed by atoms with Crippen molar-refractivity contribution in [2.75, 3.05) is 20.0 Å². The van der Waals surface area contributed by atoms with Gasteiger partial charge in [-0.15, -0.1) is 0 Å². The number of carbonyl (C=O) groups is 1. The summed E-state index contributed by atoms with van der Waals surface area (Å²) in [7, 11) is 2.62. The van der Waals surface area contributed by atoms with Gasteiger partial charge in [-0.2, -0.15) is 4.98 Å². The number of carbonyl (C=O) groups excluding carboxylic acids is 1.